The van der Waals surface area contributed by atoms with Crippen LogP contribution in [0.4, 0.5) is 0 Å². The third-order valence-electron chi connectivity index (χ3n) is 13.0. The first-order valence-electron chi connectivity index (χ1n) is 20.7. The highest BCUT2D eigenvalue weighted by molar-refractivity contribution is 6.31. The maximum Gasteiger partial charge on any atom is 0.0714 e. The molecule has 0 amide bonds. The normalized spacial score (nSPS) is 12.9. The molecule has 0 bridgehead atoms. The van der Waals surface area contributed by atoms with Crippen LogP contribution in [-0.4, -0.2) is 0 Å². The number of halogens is 1. The van der Waals surface area contributed by atoms with E-state index in [1.807, 2.05) is 0 Å². The Bertz CT molecular complexity index is 3450. The van der Waals surface area contributed by atoms with Crippen molar-refractivity contribution in [3.8, 4) is 44.5 Å². The standard InChI is InChI=1S/C59H37Cl/c60-46-30-31-52-56(36-46)59(44-18-3-1-4-19-44,45-20-5-2-6-21-45)55-33-32-48-50(24-13-25-51(48)58(52)55)57-49-23-12-11-22-47(49)53(42-28-26-38-14-7-9-16-40(38)34-42)37-54(57)43-29-27-39-15-8-10-17-41(39)35-43/h1-37H. The SMILES string of the molecule is Clc1ccc2c(c1)C(c1ccccc1)(c1ccccc1)c1ccc3c(-c4c(-c5ccc6ccccc6c5)cc(-c5ccc6ccccc6c5)c5ccccc45)cccc3c1-2. The summed E-state index contributed by atoms with van der Waals surface area (Å²) in [4.78, 5) is 0. The van der Waals surface area contributed by atoms with Crippen molar-refractivity contribution in [1.29, 1.82) is 0 Å². The van der Waals surface area contributed by atoms with Crippen molar-refractivity contribution in [2.24, 2.45) is 0 Å². The van der Waals surface area contributed by atoms with Crippen LogP contribution in [0.15, 0.2) is 224 Å². The number of fused-ring (bicyclic) bond motifs is 8. The van der Waals surface area contributed by atoms with Gasteiger partial charge in [-0.1, -0.05) is 206 Å². The molecule has 60 heavy (non-hydrogen) atoms. The van der Waals surface area contributed by atoms with E-state index in [0.717, 1.165) is 5.02 Å². The minimum absolute atomic E-state index is 0.549. The Morgan fingerprint density at radius 1 is 0.283 bits per heavy atom. The zero-order chi connectivity index (χ0) is 39.8. The smallest absolute Gasteiger partial charge is 0.0714 e. The molecular formula is C59H37Cl. The molecule has 0 nitrogen and oxygen atoms in total. The lowest BCUT2D eigenvalue weighted by atomic mass is 9.67. The molecule has 0 saturated heterocycles. The van der Waals surface area contributed by atoms with Gasteiger partial charge in [-0.3, -0.25) is 0 Å². The molecule has 1 heteroatoms. The highest BCUT2D eigenvalue weighted by Gasteiger charge is 2.47. The van der Waals surface area contributed by atoms with E-state index in [9.17, 15) is 0 Å². The van der Waals surface area contributed by atoms with E-state index in [2.05, 4.69) is 224 Å². The van der Waals surface area contributed by atoms with Crippen LogP contribution in [0.2, 0.25) is 5.02 Å². The van der Waals surface area contributed by atoms with Gasteiger partial charge in [-0.2, -0.15) is 0 Å². The van der Waals surface area contributed by atoms with Crippen molar-refractivity contribution < 1.29 is 0 Å². The molecule has 0 unspecified atom stereocenters. The molecule has 1 aliphatic carbocycles. The van der Waals surface area contributed by atoms with E-state index in [1.54, 1.807) is 0 Å². The van der Waals surface area contributed by atoms with E-state index in [-0.39, 0.29) is 0 Å². The first-order chi connectivity index (χ1) is 29.7. The van der Waals surface area contributed by atoms with E-state index in [1.165, 1.54) is 110 Å². The van der Waals surface area contributed by atoms with Gasteiger partial charge in [0.05, 0.1) is 5.41 Å². The summed E-state index contributed by atoms with van der Waals surface area (Å²) in [7, 11) is 0. The summed E-state index contributed by atoms with van der Waals surface area (Å²) in [5.41, 5.74) is 14.2. The van der Waals surface area contributed by atoms with Crippen LogP contribution in [0.5, 0.6) is 0 Å². The van der Waals surface area contributed by atoms with E-state index in [4.69, 9.17) is 11.6 Å². The molecule has 0 atom stereocenters. The van der Waals surface area contributed by atoms with Crippen molar-refractivity contribution in [1.82, 2.24) is 0 Å². The maximum absolute atomic E-state index is 6.95. The van der Waals surface area contributed by atoms with Gasteiger partial charge in [-0.25, -0.2) is 0 Å². The van der Waals surface area contributed by atoms with Crippen LogP contribution in [0.1, 0.15) is 22.3 Å². The lowest BCUT2D eigenvalue weighted by Crippen LogP contribution is -2.28. The van der Waals surface area contributed by atoms with Gasteiger partial charge in [0.25, 0.3) is 0 Å². The second-order valence-corrected chi connectivity index (χ2v) is 16.5. The first-order valence-corrected chi connectivity index (χ1v) is 21.1. The summed E-state index contributed by atoms with van der Waals surface area (Å²) in [6.45, 7) is 0. The number of rotatable bonds is 5. The lowest BCUT2D eigenvalue weighted by Gasteiger charge is -2.34. The molecule has 0 radical (unpaired) electrons. The molecule has 0 heterocycles. The summed E-state index contributed by atoms with van der Waals surface area (Å²) in [6.07, 6.45) is 0. The Hall–Kier alpha value is -7.25. The predicted octanol–water partition coefficient (Wildman–Crippen LogP) is 16.3. The van der Waals surface area contributed by atoms with Crippen LogP contribution < -0.4 is 0 Å². The highest BCUT2D eigenvalue weighted by Crippen LogP contribution is 2.59. The van der Waals surface area contributed by atoms with Gasteiger partial charge in [-0.15, -0.1) is 0 Å². The van der Waals surface area contributed by atoms with E-state index >= 15 is 0 Å². The minimum Gasteiger partial charge on any atom is -0.0843 e. The van der Waals surface area contributed by atoms with Crippen molar-refractivity contribution in [3.63, 3.8) is 0 Å². The number of benzene rings is 11. The van der Waals surface area contributed by atoms with Gasteiger partial charge >= 0.3 is 0 Å². The topological polar surface area (TPSA) is 0 Å². The fraction of sp³-hybridized carbons (Fsp3) is 0.0169. The molecule has 0 fully saturated rings. The van der Waals surface area contributed by atoms with Crippen molar-refractivity contribution >= 4 is 54.7 Å². The Morgan fingerprint density at radius 2 is 0.817 bits per heavy atom. The van der Waals surface area contributed by atoms with Crippen LogP contribution in [-0.2, 0) is 5.41 Å². The van der Waals surface area contributed by atoms with Gasteiger partial charge in [-0.05, 0) is 140 Å². The third-order valence-corrected chi connectivity index (χ3v) is 13.2. The summed E-state index contributed by atoms with van der Waals surface area (Å²) >= 11 is 6.95. The fourth-order valence-electron chi connectivity index (χ4n) is 10.4. The molecule has 11 aromatic carbocycles. The first kappa shape index (κ1) is 34.8. The summed E-state index contributed by atoms with van der Waals surface area (Å²) in [5, 5.41) is 10.6. The average molecular weight is 781 g/mol. The predicted molar refractivity (Wildman–Crippen MR) is 255 cm³/mol. The Kier molecular flexibility index (Phi) is 7.92. The monoisotopic (exact) mass is 780 g/mol. The number of hydrogen-bond donors (Lipinski definition) is 0. The average Bonchev–Trinajstić information content (AvgIpc) is 3.61. The van der Waals surface area contributed by atoms with Crippen molar-refractivity contribution in [3.05, 3.63) is 252 Å². The Morgan fingerprint density at radius 3 is 1.48 bits per heavy atom. The molecule has 280 valence electrons. The molecule has 0 spiro atoms. The second-order valence-electron chi connectivity index (χ2n) is 16.1. The van der Waals surface area contributed by atoms with Crippen LogP contribution >= 0.6 is 11.6 Å². The molecule has 1 aliphatic rings. The highest BCUT2D eigenvalue weighted by atomic mass is 35.5. The summed E-state index contributed by atoms with van der Waals surface area (Å²) < 4.78 is 0. The van der Waals surface area contributed by atoms with Crippen LogP contribution in [0.25, 0.3) is 87.6 Å². The van der Waals surface area contributed by atoms with Crippen molar-refractivity contribution in [2.45, 2.75) is 5.41 Å². The number of hydrogen-bond acceptors (Lipinski definition) is 0. The molecule has 0 aliphatic heterocycles. The Labute approximate surface area is 354 Å². The zero-order valence-corrected chi connectivity index (χ0v) is 33.5. The quantitative estimate of drug-likeness (QED) is 0.163. The van der Waals surface area contributed by atoms with Crippen LogP contribution in [0, 0.1) is 0 Å². The Balaban J connectivity index is 1.18. The van der Waals surface area contributed by atoms with Gasteiger partial charge in [0.15, 0.2) is 0 Å². The molecule has 12 rings (SSSR count). The zero-order valence-electron chi connectivity index (χ0n) is 32.7. The fourth-order valence-corrected chi connectivity index (χ4v) is 10.6. The summed E-state index contributed by atoms with van der Waals surface area (Å²) in [6, 6.07) is 82.7. The molecular weight excluding hydrogens is 744 g/mol. The van der Waals surface area contributed by atoms with Gasteiger partial charge in [0.1, 0.15) is 0 Å². The second kappa shape index (κ2) is 13.7. The van der Waals surface area contributed by atoms with Crippen molar-refractivity contribution in [2.75, 3.05) is 0 Å². The largest absolute Gasteiger partial charge is 0.0843 e. The molecule has 11 aromatic rings. The van der Waals surface area contributed by atoms with E-state index < -0.39 is 5.41 Å². The molecule has 0 saturated carbocycles. The van der Waals surface area contributed by atoms with Gasteiger partial charge < -0.3 is 0 Å². The lowest BCUT2D eigenvalue weighted by molar-refractivity contribution is 0.769. The van der Waals surface area contributed by atoms with Gasteiger partial charge in [0, 0.05) is 5.02 Å². The van der Waals surface area contributed by atoms with E-state index in [0.29, 0.717) is 0 Å². The summed E-state index contributed by atoms with van der Waals surface area (Å²) in [5.74, 6) is 0. The van der Waals surface area contributed by atoms with Gasteiger partial charge in [0.2, 0.25) is 0 Å². The minimum atomic E-state index is -0.549. The van der Waals surface area contributed by atoms with Crippen LogP contribution in [0.3, 0.4) is 0 Å². The maximum atomic E-state index is 6.95. The molecule has 0 N–H and O–H groups in total. The third kappa shape index (κ3) is 5.18. The molecule has 0 aromatic heterocycles.